The number of carbonyl (C=O) groups is 1. The van der Waals surface area contributed by atoms with Gasteiger partial charge in [-0.1, -0.05) is 49.7 Å². The molecule has 3 heteroatoms. The molecule has 1 unspecified atom stereocenters. The highest BCUT2D eigenvalue weighted by Crippen LogP contribution is 2.25. The molecule has 0 N–H and O–H groups in total. The Hall–Kier alpha value is -2.13. The monoisotopic (exact) mass is 390 g/mol. The van der Waals surface area contributed by atoms with Gasteiger partial charge in [-0.3, -0.25) is 4.79 Å². The molecule has 0 saturated carbocycles. The number of hydrogen-bond acceptors (Lipinski definition) is 2. The quantitative estimate of drug-likeness (QED) is 0.660. The largest absolute Gasteiger partial charge is 0.334 e. The average Bonchev–Trinajstić information content (AvgIpc) is 3.28. The Labute approximate surface area is 175 Å². The normalized spacial score (nSPS) is 20.2. The summed E-state index contributed by atoms with van der Waals surface area (Å²) >= 11 is 0. The summed E-state index contributed by atoms with van der Waals surface area (Å²) in [5.41, 5.74) is 4.60. The highest BCUT2D eigenvalue weighted by molar-refractivity contribution is 5.95. The van der Waals surface area contributed by atoms with Gasteiger partial charge in [0.15, 0.2) is 0 Å². The molecule has 1 atom stereocenters. The Kier molecular flexibility index (Phi) is 6.66. The maximum absolute atomic E-state index is 13.3. The highest BCUT2D eigenvalue weighted by atomic mass is 16.2. The summed E-state index contributed by atoms with van der Waals surface area (Å²) in [7, 11) is 0. The van der Waals surface area contributed by atoms with E-state index in [-0.39, 0.29) is 5.91 Å². The second-order valence-electron chi connectivity index (χ2n) is 8.68. The van der Waals surface area contributed by atoms with E-state index in [0.717, 1.165) is 37.9 Å². The van der Waals surface area contributed by atoms with Crippen molar-refractivity contribution in [1.82, 2.24) is 9.80 Å². The second kappa shape index (κ2) is 9.58. The zero-order valence-electron chi connectivity index (χ0n) is 17.8. The number of amides is 1. The fourth-order valence-corrected chi connectivity index (χ4v) is 4.84. The molecule has 3 nitrogen and oxygen atoms in total. The molecule has 2 aromatic carbocycles. The van der Waals surface area contributed by atoms with Crippen LogP contribution in [0.2, 0.25) is 0 Å². The van der Waals surface area contributed by atoms with Crippen molar-refractivity contribution >= 4 is 5.91 Å². The molecule has 2 aliphatic heterocycles. The molecule has 2 heterocycles. The lowest BCUT2D eigenvalue weighted by Gasteiger charge is -2.38. The van der Waals surface area contributed by atoms with Crippen LogP contribution in [0.1, 0.15) is 61.4 Å². The van der Waals surface area contributed by atoms with E-state index in [9.17, 15) is 4.79 Å². The first-order valence-electron chi connectivity index (χ1n) is 11.5. The number of aryl methyl sites for hydroxylation is 1. The lowest BCUT2D eigenvalue weighted by atomic mass is 9.98. The fourth-order valence-electron chi connectivity index (χ4n) is 4.84. The molecule has 0 radical (unpaired) electrons. The summed E-state index contributed by atoms with van der Waals surface area (Å²) in [5.74, 6) is 0.207. The van der Waals surface area contributed by atoms with E-state index in [4.69, 9.17) is 0 Å². The molecule has 0 aromatic heterocycles. The fraction of sp³-hybridized carbons (Fsp3) is 0.500. The number of carbonyl (C=O) groups excluding carboxylic acids is 1. The molecule has 2 aliphatic rings. The van der Waals surface area contributed by atoms with Crippen LogP contribution >= 0.6 is 0 Å². The maximum Gasteiger partial charge on any atom is 0.254 e. The first-order chi connectivity index (χ1) is 14.2. The van der Waals surface area contributed by atoms with Gasteiger partial charge in [0.25, 0.3) is 5.91 Å². The van der Waals surface area contributed by atoms with E-state index in [1.807, 2.05) is 12.1 Å². The summed E-state index contributed by atoms with van der Waals surface area (Å²) < 4.78 is 0. The Balaban J connectivity index is 1.44. The van der Waals surface area contributed by atoms with E-state index in [0.29, 0.717) is 6.04 Å². The number of likely N-dealkylation sites (tertiary alicyclic amines) is 2. The van der Waals surface area contributed by atoms with Crippen LogP contribution in [0.25, 0.3) is 11.1 Å². The van der Waals surface area contributed by atoms with Crippen molar-refractivity contribution in [3.8, 4) is 11.1 Å². The van der Waals surface area contributed by atoms with Crippen LogP contribution < -0.4 is 0 Å². The van der Waals surface area contributed by atoms with Crippen molar-refractivity contribution in [2.24, 2.45) is 0 Å². The van der Waals surface area contributed by atoms with Crippen molar-refractivity contribution < 1.29 is 4.79 Å². The van der Waals surface area contributed by atoms with Crippen LogP contribution in [0.15, 0.2) is 48.5 Å². The average molecular weight is 391 g/mol. The minimum absolute atomic E-state index is 0.207. The first-order valence-corrected chi connectivity index (χ1v) is 11.5. The molecule has 4 rings (SSSR count). The SMILES string of the molecule is CCCc1ccc(-c2ccc(C(=O)N3CCCCC3CN3CCCC3)cc2)cc1. The van der Waals surface area contributed by atoms with Crippen LogP contribution in [-0.4, -0.2) is 47.9 Å². The Morgan fingerprint density at radius 3 is 2.14 bits per heavy atom. The second-order valence-corrected chi connectivity index (χ2v) is 8.68. The van der Waals surface area contributed by atoms with Gasteiger partial charge in [-0.05, 0) is 80.4 Å². The summed E-state index contributed by atoms with van der Waals surface area (Å²) in [6.45, 7) is 6.56. The van der Waals surface area contributed by atoms with Crippen molar-refractivity contribution in [3.05, 3.63) is 59.7 Å². The standard InChI is InChI=1S/C26H34N2O/c1-2-7-21-9-11-22(12-10-21)23-13-15-24(16-14-23)26(29)28-19-4-3-8-25(28)20-27-17-5-6-18-27/h9-16,25H,2-8,17-20H2,1H3. The number of benzene rings is 2. The maximum atomic E-state index is 13.3. The highest BCUT2D eigenvalue weighted by Gasteiger charge is 2.29. The molecule has 154 valence electrons. The zero-order valence-corrected chi connectivity index (χ0v) is 17.8. The molecular weight excluding hydrogens is 356 g/mol. The molecule has 2 fully saturated rings. The van der Waals surface area contributed by atoms with E-state index in [1.165, 1.54) is 55.5 Å². The molecule has 0 spiro atoms. The van der Waals surface area contributed by atoms with Crippen molar-refractivity contribution in [1.29, 1.82) is 0 Å². The Morgan fingerprint density at radius 2 is 1.48 bits per heavy atom. The molecule has 29 heavy (non-hydrogen) atoms. The predicted octanol–water partition coefficient (Wildman–Crippen LogP) is 5.40. The molecule has 0 bridgehead atoms. The van der Waals surface area contributed by atoms with Crippen LogP contribution in [0.5, 0.6) is 0 Å². The number of hydrogen-bond donors (Lipinski definition) is 0. The minimum Gasteiger partial charge on any atom is -0.334 e. The molecule has 2 aromatic rings. The third-order valence-electron chi connectivity index (χ3n) is 6.51. The molecule has 2 saturated heterocycles. The van der Waals surface area contributed by atoms with Gasteiger partial charge in [0.05, 0.1) is 0 Å². The number of piperidine rings is 1. The molecule has 0 aliphatic carbocycles. The summed E-state index contributed by atoms with van der Waals surface area (Å²) in [6.07, 6.45) is 8.43. The number of rotatable bonds is 6. The molecule has 1 amide bonds. The van der Waals surface area contributed by atoms with Crippen molar-refractivity contribution in [2.45, 2.75) is 57.9 Å². The van der Waals surface area contributed by atoms with E-state index < -0.39 is 0 Å². The Morgan fingerprint density at radius 1 is 0.862 bits per heavy atom. The van der Waals surface area contributed by atoms with Crippen molar-refractivity contribution in [2.75, 3.05) is 26.2 Å². The van der Waals surface area contributed by atoms with Gasteiger partial charge in [-0.2, -0.15) is 0 Å². The van der Waals surface area contributed by atoms with Crippen LogP contribution in [-0.2, 0) is 6.42 Å². The van der Waals surface area contributed by atoms with E-state index in [1.54, 1.807) is 0 Å². The summed E-state index contributed by atoms with van der Waals surface area (Å²) in [4.78, 5) is 17.9. The lowest BCUT2D eigenvalue weighted by molar-refractivity contribution is 0.0560. The summed E-state index contributed by atoms with van der Waals surface area (Å²) in [6, 6.07) is 17.4. The van der Waals surface area contributed by atoms with E-state index >= 15 is 0 Å². The van der Waals surface area contributed by atoms with Crippen LogP contribution in [0.3, 0.4) is 0 Å². The Bertz CT molecular complexity index is 790. The van der Waals surface area contributed by atoms with E-state index in [2.05, 4.69) is 53.1 Å². The van der Waals surface area contributed by atoms with Crippen LogP contribution in [0, 0.1) is 0 Å². The van der Waals surface area contributed by atoms with Gasteiger partial charge in [-0.25, -0.2) is 0 Å². The van der Waals surface area contributed by atoms with Gasteiger partial charge in [0, 0.05) is 24.7 Å². The van der Waals surface area contributed by atoms with Gasteiger partial charge in [0.2, 0.25) is 0 Å². The van der Waals surface area contributed by atoms with Gasteiger partial charge >= 0.3 is 0 Å². The predicted molar refractivity (Wildman–Crippen MR) is 120 cm³/mol. The van der Waals surface area contributed by atoms with Gasteiger partial charge in [-0.15, -0.1) is 0 Å². The smallest absolute Gasteiger partial charge is 0.254 e. The summed E-state index contributed by atoms with van der Waals surface area (Å²) in [5, 5.41) is 0. The number of nitrogens with zero attached hydrogens (tertiary/aromatic N) is 2. The van der Waals surface area contributed by atoms with Gasteiger partial charge < -0.3 is 9.80 Å². The third-order valence-corrected chi connectivity index (χ3v) is 6.51. The minimum atomic E-state index is 0.207. The van der Waals surface area contributed by atoms with Gasteiger partial charge in [0.1, 0.15) is 0 Å². The molecular formula is C26H34N2O. The first kappa shape index (κ1) is 20.2. The van der Waals surface area contributed by atoms with Crippen LogP contribution in [0.4, 0.5) is 0 Å². The lowest BCUT2D eigenvalue weighted by Crippen LogP contribution is -2.49. The topological polar surface area (TPSA) is 23.6 Å². The zero-order chi connectivity index (χ0) is 20.1. The van der Waals surface area contributed by atoms with Crippen molar-refractivity contribution in [3.63, 3.8) is 0 Å². The third kappa shape index (κ3) is 4.90.